The summed E-state index contributed by atoms with van der Waals surface area (Å²) in [5.41, 5.74) is 8.17. The first kappa shape index (κ1) is 34.1. The number of nitrogens with one attached hydrogen (secondary N) is 2. The molecule has 0 spiro atoms. The number of aliphatic carboxylic acids is 1. The molecule has 7 heterocycles. The number of carboxylic acids is 1. The third-order valence-electron chi connectivity index (χ3n) is 9.46. The van der Waals surface area contributed by atoms with Crippen molar-refractivity contribution >= 4 is 83.7 Å². The summed E-state index contributed by atoms with van der Waals surface area (Å²) in [5.74, 6) is 1.09. The molecule has 0 amide bonds. The van der Waals surface area contributed by atoms with E-state index in [9.17, 15) is 4.79 Å². The Morgan fingerprint density at radius 1 is 0.473 bits per heavy atom. The van der Waals surface area contributed by atoms with Gasteiger partial charge in [0.1, 0.15) is 28.5 Å². The van der Waals surface area contributed by atoms with Crippen LogP contribution in [0, 0.1) is 0 Å². The van der Waals surface area contributed by atoms with E-state index in [0.29, 0.717) is 45.9 Å². The van der Waals surface area contributed by atoms with Crippen LogP contribution in [0.1, 0.15) is 17.0 Å². The van der Waals surface area contributed by atoms with Crippen molar-refractivity contribution in [1.29, 1.82) is 0 Å². The summed E-state index contributed by atoms with van der Waals surface area (Å²) in [6.45, 7) is 0. The molecule has 0 saturated heterocycles. The van der Waals surface area contributed by atoms with E-state index in [1.165, 1.54) is 22.7 Å². The van der Waals surface area contributed by atoms with Crippen molar-refractivity contribution in [2.24, 2.45) is 0 Å². The lowest BCUT2D eigenvalue weighted by Crippen LogP contribution is -2.11. The predicted molar refractivity (Wildman–Crippen MR) is 226 cm³/mol. The lowest BCUT2D eigenvalue weighted by molar-refractivity contribution is -0.137. The van der Waals surface area contributed by atoms with E-state index in [-0.39, 0.29) is 11.0 Å². The number of nitrogens with zero attached hydrogens (tertiary/aromatic N) is 6. The topological polar surface area (TPSA) is 146 Å². The molecule has 13 heteroatoms. The number of carboxylic acid groups (broad SMARTS) is 1. The molecule has 5 aromatic heterocycles. The Morgan fingerprint density at radius 3 is 1.05 bits per heavy atom. The van der Waals surface area contributed by atoms with Crippen molar-refractivity contribution in [2.75, 3.05) is 0 Å². The van der Waals surface area contributed by atoms with Gasteiger partial charge in [-0.3, -0.25) is 4.79 Å². The largest absolute Gasteiger partial charge is 0.481 e. The van der Waals surface area contributed by atoms with Crippen LogP contribution in [-0.2, 0) is 4.79 Å². The highest BCUT2D eigenvalue weighted by Gasteiger charge is 2.23. The van der Waals surface area contributed by atoms with Gasteiger partial charge in [0.2, 0.25) is 0 Å². The van der Waals surface area contributed by atoms with Gasteiger partial charge in [-0.25, -0.2) is 29.9 Å². The molecule has 10 nitrogen and oxygen atoms in total. The van der Waals surface area contributed by atoms with E-state index in [0.717, 1.165) is 54.9 Å². The highest BCUT2D eigenvalue weighted by molar-refractivity contribution is 7.08. The zero-order chi connectivity index (χ0) is 36.2. The van der Waals surface area contributed by atoms with Gasteiger partial charge in [0.25, 0.3) is 0 Å². The van der Waals surface area contributed by atoms with Crippen LogP contribution in [0.5, 0.6) is 0 Å². The van der Waals surface area contributed by atoms with Crippen molar-refractivity contribution in [3.63, 3.8) is 0 Å². The van der Waals surface area contributed by atoms with Crippen molar-refractivity contribution in [2.45, 2.75) is 5.92 Å². The van der Waals surface area contributed by atoms with Crippen molar-refractivity contribution in [1.82, 2.24) is 39.9 Å². The number of fused-ring (bicyclic) bond motifs is 20. The van der Waals surface area contributed by atoms with Crippen LogP contribution < -0.4 is 0 Å². The Hall–Kier alpha value is -6.67. The quantitative estimate of drug-likeness (QED) is 0.152. The van der Waals surface area contributed by atoms with Crippen LogP contribution in [0.4, 0.5) is 0 Å². The maximum absolute atomic E-state index is 11.1. The number of benzene rings is 4. The van der Waals surface area contributed by atoms with E-state index < -0.39 is 11.9 Å². The molecule has 2 aliphatic heterocycles. The number of aromatic nitrogens is 8. The summed E-state index contributed by atoms with van der Waals surface area (Å²) in [6.07, 6.45) is 0. The van der Waals surface area contributed by atoms with Gasteiger partial charge in [0.05, 0.1) is 0 Å². The molecule has 2 aliphatic rings. The molecular weight excluding hydrogens is 741 g/mol. The molecule has 0 aliphatic carbocycles. The van der Waals surface area contributed by atoms with E-state index in [4.69, 9.17) is 35.0 Å². The van der Waals surface area contributed by atoms with Gasteiger partial charge in [-0.1, -0.05) is 97.1 Å². The number of aromatic amines is 2. The summed E-state index contributed by atoms with van der Waals surface area (Å²) < 4.78 is 0. The van der Waals surface area contributed by atoms with Gasteiger partial charge >= 0.3 is 5.97 Å². The first-order chi connectivity index (χ1) is 26.6. The lowest BCUT2D eigenvalue weighted by Gasteiger charge is -2.07. The van der Waals surface area contributed by atoms with E-state index in [1.54, 1.807) is 0 Å². The van der Waals surface area contributed by atoms with E-state index in [2.05, 4.69) is 9.97 Å². The summed E-state index contributed by atoms with van der Waals surface area (Å²) in [5, 5.41) is 20.5. The zero-order valence-electron chi connectivity index (χ0n) is 28.1. The van der Waals surface area contributed by atoms with Gasteiger partial charge in [-0.05, 0) is 55.7 Å². The van der Waals surface area contributed by atoms with Gasteiger partial charge in [0, 0.05) is 43.8 Å². The van der Waals surface area contributed by atoms with Gasteiger partial charge in [0.15, 0.2) is 23.3 Å². The van der Waals surface area contributed by atoms with Crippen LogP contribution in [-0.4, -0.2) is 61.9 Å². The Labute approximate surface area is 325 Å². The van der Waals surface area contributed by atoms with Crippen molar-refractivity contribution in [3.8, 4) is 45.6 Å². The van der Waals surface area contributed by atoms with Crippen LogP contribution in [0.25, 0.3) is 89.7 Å². The molecule has 0 unspecified atom stereocenters. The Kier molecular flexibility index (Phi) is 8.65. The van der Waals surface area contributed by atoms with Crippen LogP contribution in [0.2, 0.25) is 0 Å². The van der Waals surface area contributed by atoms with E-state index >= 15 is 0 Å². The SMILES string of the molecule is O=C(O)C(c1ccsc1)c1ccsc1.[SiH4].c1ccc2c(c1)-c1nc-2nc2[nH]c(nc3nc(nc4[nH]c(n1)c1ccccc41)-c1ccccc1-3)c1ccccc21. The monoisotopic (exact) mass is 770 g/mol. The Morgan fingerprint density at radius 2 is 0.782 bits per heavy atom. The number of carbonyl (C=O) groups is 1. The molecule has 0 atom stereocenters. The molecule has 0 radical (unpaired) electrons. The molecule has 0 saturated carbocycles. The lowest BCUT2D eigenvalue weighted by atomic mass is 9.96. The Bertz CT molecular complexity index is 2710. The molecule has 266 valence electrons. The number of hydrogen-bond donors (Lipinski definition) is 3. The maximum Gasteiger partial charge on any atom is 0.315 e. The minimum atomic E-state index is -0.790. The molecule has 9 aromatic rings. The summed E-state index contributed by atoms with van der Waals surface area (Å²) in [6, 6.07) is 36.0. The maximum atomic E-state index is 11.1. The second kappa shape index (κ2) is 14.0. The molecule has 4 aromatic carbocycles. The van der Waals surface area contributed by atoms with Crippen molar-refractivity contribution in [3.05, 3.63) is 142 Å². The van der Waals surface area contributed by atoms with Crippen LogP contribution in [0.15, 0.2) is 131 Å². The van der Waals surface area contributed by atoms with Gasteiger partial charge < -0.3 is 15.1 Å². The summed E-state index contributed by atoms with van der Waals surface area (Å²) >= 11 is 3.05. The van der Waals surface area contributed by atoms with Crippen LogP contribution >= 0.6 is 22.7 Å². The first-order valence-corrected chi connectivity index (χ1v) is 18.9. The molecule has 55 heavy (non-hydrogen) atoms. The predicted octanol–water partition coefficient (Wildman–Crippen LogP) is 8.44. The second-order valence-corrected chi connectivity index (χ2v) is 14.2. The van der Waals surface area contributed by atoms with E-state index in [1.807, 2.05) is 131 Å². The fourth-order valence-corrected chi connectivity index (χ4v) is 8.32. The van der Waals surface area contributed by atoms with Gasteiger partial charge in [-0.15, -0.1) is 0 Å². The van der Waals surface area contributed by atoms with Crippen molar-refractivity contribution < 1.29 is 9.90 Å². The molecular formula is C42H30N8O2S2Si. The second-order valence-electron chi connectivity index (χ2n) is 12.7. The number of hydrogen-bond acceptors (Lipinski definition) is 9. The van der Waals surface area contributed by atoms with Crippen LogP contribution in [0.3, 0.4) is 0 Å². The smallest absolute Gasteiger partial charge is 0.315 e. The average molecular weight is 771 g/mol. The highest BCUT2D eigenvalue weighted by atomic mass is 32.1. The minimum Gasteiger partial charge on any atom is -0.481 e. The summed E-state index contributed by atoms with van der Waals surface area (Å²) in [7, 11) is 0. The van der Waals surface area contributed by atoms with Gasteiger partial charge in [-0.2, -0.15) is 22.7 Å². The molecule has 0 fully saturated rings. The fraction of sp³-hybridized carbons (Fsp3) is 0.0238. The molecule has 11 rings (SSSR count). The minimum absolute atomic E-state index is 0. The molecule has 3 N–H and O–H groups in total. The summed E-state index contributed by atoms with van der Waals surface area (Å²) in [4.78, 5) is 47.9. The molecule has 8 bridgehead atoms. The number of thiophene rings is 2. The normalized spacial score (nSPS) is 11.4. The average Bonchev–Trinajstić information content (AvgIpc) is 4.07. The zero-order valence-corrected chi connectivity index (χ0v) is 29.8. The standard InChI is InChI=1S/C32H18N8.C10H8O2S2.H4Si/c1-2-10-18-17(9-1)25-33-26(18)38-28-21-13-5-6-14-22(21)30(35-28)40-32-24-16-8-7-15-23(24)31(36-32)39-29-20-12-4-3-11-19(20)27(34-29)37-25;11-10(12)9(7-1-3-13-5-7)8-2-4-14-6-8;/h1-16H,(H2,33,34,35,36,37,38,39,40);1-6,9H,(H,11,12);1H4. The highest BCUT2D eigenvalue weighted by Crippen LogP contribution is 2.37. The number of H-pyrrole nitrogens is 2. The Balaban J connectivity index is 0.000000225. The fourth-order valence-electron chi connectivity index (χ4n) is 6.95. The third kappa shape index (κ3) is 6.00. The number of rotatable bonds is 3. The third-order valence-corrected chi connectivity index (χ3v) is 10.9. The first-order valence-electron chi connectivity index (χ1n) is 17.1.